The highest BCUT2D eigenvalue weighted by molar-refractivity contribution is 7.99. The van der Waals surface area contributed by atoms with Gasteiger partial charge in [-0.1, -0.05) is 18.2 Å². The van der Waals surface area contributed by atoms with Crippen molar-refractivity contribution < 1.29 is 4.79 Å². The molecule has 4 nitrogen and oxygen atoms in total. The average Bonchev–Trinajstić information content (AvgIpc) is 2.74. The highest BCUT2D eigenvalue weighted by Gasteiger charge is 2.22. The molecule has 1 N–H and O–H groups in total. The lowest BCUT2D eigenvalue weighted by Gasteiger charge is -2.25. The molecule has 1 aromatic carbocycles. The van der Waals surface area contributed by atoms with Gasteiger partial charge in [0.05, 0.1) is 18.2 Å². The summed E-state index contributed by atoms with van der Waals surface area (Å²) in [5.74, 6) is 1.12. The van der Waals surface area contributed by atoms with Gasteiger partial charge in [-0.2, -0.15) is 5.10 Å². The molecule has 1 aromatic heterocycles. The van der Waals surface area contributed by atoms with E-state index in [1.54, 1.807) is 0 Å². The lowest BCUT2D eigenvalue weighted by molar-refractivity contribution is -0.121. The Morgan fingerprint density at radius 1 is 1.41 bits per heavy atom. The van der Waals surface area contributed by atoms with Gasteiger partial charge in [0, 0.05) is 29.0 Å². The van der Waals surface area contributed by atoms with Crippen molar-refractivity contribution in [2.45, 2.75) is 37.6 Å². The molecular weight excluding hydrogens is 294 g/mol. The number of fused-ring (bicyclic) bond motifs is 1. The van der Waals surface area contributed by atoms with E-state index >= 15 is 0 Å². The predicted octanol–water partition coefficient (Wildman–Crippen LogP) is 2.93. The second-order valence-electron chi connectivity index (χ2n) is 5.74. The van der Waals surface area contributed by atoms with E-state index in [4.69, 9.17) is 0 Å². The van der Waals surface area contributed by atoms with Crippen LogP contribution in [0.5, 0.6) is 0 Å². The topological polar surface area (TPSA) is 46.9 Å². The molecule has 1 aliphatic rings. The molecule has 0 saturated carbocycles. The van der Waals surface area contributed by atoms with Gasteiger partial charge in [-0.15, -0.1) is 11.8 Å². The van der Waals surface area contributed by atoms with E-state index in [1.807, 2.05) is 43.4 Å². The zero-order valence-corrected chi connectivity index (χ0v) is 14.0. The summed E-state index contributed by atoms with van der Waals surface area (Å²) in [7, 11) is 1.92. The standard InChI is InChI=1S/C17H21N3OS/c1-11-14(12(2)20(3)19-11)10-17(21)18-15-8-9-22-16-7-5-4-6-13(15)16/h4-7,15H,8-10H2,1-3H3,(H,18,21)/t15-/m0/s1. The Kier molecular flexibility index (Phi) is 4.25. The van der Waals surface area contributed by atoms with Crippen molar-refractivity contribution in [3.05, 3.63) is 46.8 Å². The molecule has 0 spiro atoms. The summed E-state index contributed by atoms with van der Waals surface area (Å²) in [4.78, 5) is 13.7. The van der Waals surface area contributed by atoms with Crippen molar-refractivity contribution in [3.8, 4) is 0 Å². The van der Waals surface area contributed by atoms with Gasteiger partial charge in [0.2, 0.25) is 5.91 Å². The summed E-state index contributed by atoms with van der Waals surface area (Å²) in [6.45, 7) is 3.97. The first kappa shape index (κ1) is 15.2. The van der Waals surface area contributed by atoms with Crippen LogP contribution in [0.4, 0.5) is 0 Å². The van der Waals surface area contributed by atoms with Gasteiger partial charge in [-0.3, -0.25) is 9.48 Å². The Bertz CT molecular complexity index is 708. The Morgan fingerprint density at radius 2 is 2.18 bits per heavy atom. The second-order valence-corrected chi connectivity index (χ2v) is 6.88. The van der Waals surface area contributed by atoms with Crippen molar-refractivity contribution in [2.75, 3.05) is 5.75 Å². The zero-order valence-electron chi connectivity index (χ0n) is 13.2. The fourth-order valence-electron chi connectivity index (χ4n) is 2.97. The van der Waals surface area contributed by atoms with Crippen molar-refractivity contribution in [1.82, 2.24) is 15.1 Å². The SMILES string of the molecule is Cc1nn(C)c(C)c1CC(=O)N[C@H]1CCSc2ccccc21. The van der Waals surface area contributed by atoms with Crippen LogP contribution in [0.2, 0.25) is 0 Å². The molecule has 2 aromatic rings. The van der Waals surface area contributed by atoms with Crippen LogP contribution >= 0.6 is 11.8 Å². The number of aromatic nitrogens is 2. The quantitative estimate of drug-likeness (QED) is 0.947. The first-order chi connectivity index (χ1) is 10.6. The van der Waals surface area contributed by atoms with Crippen molar-refractivity contribution in [2.24, 2.45) is 7.05 Å². The Morgan fingerprint density at radius 3 is 2.91 bits per heavy atom. The molecule has 116 valence electrons. The Hall–Kier alpha value is -1.75. The van der Waals surface area contributed by atoms with Gasteiger partial charge in [-0.25, -0.2) is 0 Å². The number of thioether (sulfide) groups is 1. The number of aryl methyl sites for hydroxylation is 2. The summed E-state index contributed by atoms with van der Waals surface area (Å²) < 4.78 is 1.84. The van der Waals surface area contributed by atoms with Crippen LogP contribution in [0.25, 0.3) is 0 Å². The number of benzene rings is 1. The number of amides is 1. The number of rotatable bonds is 3. The summed E-state index contributed by atoms with van der Waals surface area (Å²) >= 11 is 1.87. The molecule has 2 heterocycles. The van der Waals surface area contributed by atoms with E-state index < -0.39 is 0 Å². The minimum Gasteiger partial charge on any atom is -0.349 e. The molecule has 1 amide bonds. The summed E-state index contributed by atoms with van der Waals surface area (Å²) in [6, 6.07) is 8.47. The maximum absolute atomic E-state index is 12.4. The van der Waals surface area contributed by atoms with Crippen LogP contribution < -0.4 is 5.32 Å². The van der Waals surface area contributed by atoms with E-state index in [2.05, 4.69) is 28.6 Å². The third-order valence-corrected chi connectivity index (χ3v) is 5.41. The first-order valence-electron chi connectivity index (χ1n) is 7.56. The van der Waals surface area contributed by atoms with Crippen LogP contribution in [0.3, 0.4) is 0 Å². The van der Waals surface area contributed by atoms with Gasteiger partial charge in [-0.05, 0) is 31.9 Å². The van der Waals surface area contributed by atoms with E-state index in [-0.39, 0.29) is 11.9 Å². The lowest BCUT2D eigenvalue weighted by Crippen LogP contribution is -2.32. The van der Waals surface area contributed by atoms with Gasteiger partial charge >= 0.3 is 0 Å². The molecule has 0 saturated heterocycles. The van der Waals surface area contributed by atoms with E-state index in [0.717, 1.165) is 29.1 Å². The summed E-state index contributed by atoms with van der Waals surface area (Å²) in [6.07, 6.45) is 1.38. The number of carbonyl (C=O) groups excluding carboxylic acids is 1. The molecule has 0 fully saturated rings. The lowest BCUT2D eigenvalue weighted by atomic mass is 10.0. The Balaban J connectivity index is 1.73. The molecule has 5 heteroatoms. The molecule has 0 radical (unpaired) electrons. The Labute approximate surface area is 135 Å². The molecule has 3 rings (SSSR count). The van der Waals surface area contributed by atoms with Gasteiger partial charge in [0.15, 0.2) is 0 Å². The number of hydrogen-bond acceptors (Lipinski definition) is 3. The molecular formula is C17H21N3OS. The minimum atomic E-state index is 0.0749. The molecule has 0 aliphatic carbocycles. The largest absolute Gasteiger partial charge is 0.349 e. The normalized spacial score (nSPS) is 17.1. The van der Waals surface area contributed by atoms with E-state index in [0.29, 0.717) is 6.42 Å². The number of carbonyl (C=O) groups is 1. The third-order valence-electron chi connectivity index (χ3n) is 4.29. The van der Waals surface area contributed by atoms with Crippen LogP contribution in [-0.4, -0.2) is 21.4 Å². The van der Waals surface area contributed by atoms with Gasteiger partial charge < -0.3 is 5.32 Å². The highest BCUT2D eigenvalue weighted by Crippen LogP contribution is 2.35. The number of nitrogens with one attached hydrogen (secondary N) is 1. The average molecular weight is 315 g/mol. The molecule has 0 unspecified atom stereocenters. The van der Waals surface area contributed by atoms with Gasteiger partial charge in [0.1, 0.15) is 0 Å². The number of nitrogens with zero attached hydrogens (tertiary/aromatic N) is 2. The van der Waals surface area contributed by atoms with Crippen molar-refractivity contribution in [3.63, 3.8) is 0 Å². The smallest absolute Gasteiger partial charge is 0.225 e. The number of hydrogen-bond donors (Lipinski definition) is 1. The van der Waals surface area contributed by atoms with Crippen molar-refractivity contribution >= 4 is 17.7 Å². The van der Waals surface area contributed by atoms with Crippen LogP contribution in [0, 0.1) is 13.8 Å². The van der Waals surface area contributed by atoms with Crippen LogP contribution in [0.1, 0.15) is 35.0 Å². The first-order valence-corrected chi connectivity index (χ1v) is 8.55. The van der Waals surface area contributed by atoms with Crippen LogP contribution in [0.15, 0.2) is 29.2 Å². The molecule has 1 atom stereocenters. The summed E-state index contributed by atoms with van der Waals surface area (Å²) in [5.41, 5.74) is 4.28. The van der Waals surface area contributed by atoms with E-state index in [9.17, 15) is 4.79 Å². The maximum Gasteiger partial charge on any atom is 0.225 e. The van der Waals surface area contributed by atoms with Crippen LogP contribution in [-0.2, 0) is 18.3 Å². The van der Waals surface area contributed by atoms with Gasteiger partial charge in [0.25, 0.3) is 0 Å². The maximum atomic E-state index is 12.4. The minimum absolute atomic E-state index is 0.0749. The zero-order chi connectivity index (χ0) is 15.7. The second kappa shape index (κ2) is 6.16. The summed E-state index contributed by atoms with van der Waals surface area (Å²) in [5, 5.41) is 7.58. The third kappa shape index (κ3) is 2.90. The predicted molar refractivity (Wildman–Crippen MR) is 89.1 cm³/mol. The fraction of sp³-hybridized carbons (Fsp3) is 0.412. The highest BCUT2D eigenvalue weighted by atomic mass is 32.2. The molecule has 0 bridgehead atoms. The fourth-order valence-corrected chi connectivity index (χ4v) is 4.10. The molecule has 1 aliphatic heterocycles. The monoisotopic (exact) mass is 315 g/mol. The van der Waals surface area contributed by atoms with Crippen molar-refractivity contribution in [1.29, 1.82) is 0 Å². The molecule has 22 heavy (non-hydrogen) atoms. The van der Waals surface area contributed by atoms with E-state index in [1.165, 1.54) is 10.5 Å².